The van der Waals surface area contributed by atoms with Gasteiger partial charge in [-0.15, -0.1) is 0 Å². The van der Waals surface area contributed by atoms with Crippen LogP contribution in [0.15, 0.2) is 12.0 Å². The molecule has 0 saturated carbocycles. The number of rotatable bonds is 0. The first-order valence-corrected chi connectivity index (χ1v) is 2.90. The summed E-state index contributed by atoms with van der Waals surface area (Å²) < 4.78 is 4.69. The Bertz CT molecular complexity index is 184. The topological polar surface area (TPSA) is 66.8 Å². The molecule has 1 aliphatic heterocycles. The van der Waals surface area contributed by atoms with Gasteiger partial charge in [0.1, 0.15) is 12.4 Å². The fraction of sp³-hybridized carbons (Fsp3) is 0.500. The monoisotopic (exact) mass is 144 g/mol. The van der Waals surface area contributed by atoms with Gasteiger partial charge in [-0.25, -0.2) is 0 Å². The summed E-state index contributed by atoms with van der Waals surface area (Å²) in [5, 5.41) is 17.6. The van der Waals surface area contributed by atoms with Gasteiger partial charge in [0.05, 0.1) is 0 Å². The molecule has 1 heterocycles. The van der Waals surface area contributed by atoms with Gasteiger partial charge in [-0.1, -0.05) is 0 Å². The van der Waals surface area contributed by atoms with Crippen LogP contribution >= 0.6 is 0 Å². The summed E-state index contributed by atoms with van der Waals surface area (Å²) in [4.78, 5) is 10.7. The van der Waals surface area contributed by atoms with E-state index >= 15 is 0 Å². The van der Waals surface area contributed by atoms with E-state index in [-0.39, 0.29) is 0 Å². The highest BCUT2D eigenvalue weighted by Gasteiger charge is 2.30. The van der Waals surface area contributed by atoms with Crippen LogP contribution in [0, 0.1) is 0 Å². The smallest absolute Gasteiger partial charge is 0.232 e. The molecule has 56 valence electrons. The Labute approximate surface area is 57.7 Å². The Kier molecular flexibility index (Phi) is 1.63. The largest absolute Gasteiger partial charge is 0.502 e. The van der Waals surface area contributed by atoms with E-state index in [0.29, 0.717) is 0 Å². The molecule has 1 rings (SSSR count). The van der Waals surface area contributed by atoms with Crippen molar-refractivity contribution in [3.8, 4) is 0 Å². The van der Waals surface area contributed by atoms with Gasteiger partial charge in [-0.05, 0) is 6.92 Å². The Morgan fingerprint density at radius 3 is 2.80 bits per heavy atom. The molecule has 0 saturated heterocycles. The van der Waals surface area contributed by atoms with Gasteiger partial charge in [0.15, 0.2) is 11.9 Å². The Balaban J connectivity index is 2.81. The molecule has 0 unspecified atom stereocenters. The van der Waals surface area contributed by atoms with Gasteiger partial charge in [0, 0.05) is 0 Å². The first-order chi connectivity index (χ1) is 4.63. The van der Waals surface area contributed by atoms with Gasteiger partial charge in [0.2, 0.25) is 5.78 Å². The van der Waals surface area contributed by atoms with Crippen molar-refractivity contribution in [3.05, 3.63) is 12.0 Å². The van der Waals surface area contributed by atoms with E-state index in [1.54, 1.807) is 6.92 Å². The lowest BCUT2D eigenvalue weighted by molar-refractivity contribution is -0.134. The number of hydrogen-bond acceptors (Lipinski definition) is 4. The van der Waals surface area contributed by atoms with Crippen molar-refractivity contribution < 1.29 is 19.7 Å². The minimum Gasteiger partial charge on any atom is -0.502 e. The summed E-state index contributed by atoms with van der Waals surface area (Å²) >= 11 is 0. The SMILES string of the molecule is C[C@H]1OC=C(O)C(=O)[C@H]1O. The van der Waals surface area contributed by atoms with Crippen molar-refractivity contribution in [2.45, 2.75) is 19.1 Å². The average Bonchev–Trinajstić information content (AvgIpc) is 1.93. The van der Waals surface area contributed by atoms with Crippen molar-refractivity contribution >= 4 is 5.78 Å². The molecule has 0 radical (unpaired) electrons. The predicted molar refractivity (Wildman–Crippen MR) is 32.3 cm³/mol. The van der Waals surface area contributed by atoms with E-state index in [4.69, 9.17) is 10.2 Å². The van der Waals surface area contributed by atoms with Crippen molar-refractivity contribution in [2.24, 2.45) is 0 Å². The van der Waals surface area contributed by atoms with Crippen LogP contribution in [-0.4, -0.2) is 28.2 Å². The highest BCUT2D eigenvalue weighted by molar-refractivity contribution is 5.97. The van der Waals surface area contributed by atoms with E-state index in [1.807, 2.05) is 0 Å². The van der Waals surface area contributed by atoms with Crippen molar-refractivity contribution in [1.82, 2.24) is 0 Å². The Hall–Kier alpha value is -1.03. The van der Waals surface area contributed by atoms with E-state index < -0.39 is 23.8 Å². The maximum atomic E-state index is 10.7. The number of Topliss-reactive ketones (excluding diaryl/α,β-unsaturated/α-hetero) is 1. The fourth-order valence-corrected chi connectivity index (χ4v) is 0.669. The number of aliphatic hydroxyl groups excluding tert-OH is 2. The number of hydrogen-bond donors (Lipinski definition) is 2. The molecule has 0 spiro atoms. The second-order valence-electron chi connectivity index (χ2n) is 2.15. The van der Waals surface area contributed by atoms with Crippen molar-refractivity contribution in [3.63, 3.8) is 0 Å². The van der Waals surface area contributed by atoms with Crippen LogP contribution in [0.4, 0.5) is 0 Å². The third-order valence-electron chi connectivity index (χ3n) is 1.36. The first kappa shape index (κ1) is 7.08. The molecule has 0 fully saturated rings. The summed E-state index contributed by atoms with van der Waals surface area (Å²) in [6.07, 6.45) is -0.854. The first-order valence-electron chi connectivity index (χ1n) is 2.90. The van der Waals surface area contributed by atoms with Crippen LogP contribution in [0.3, 0.4) is 0 Å². The lowest BCUT2D eigenvalue weighted by Crippen LogP contribution is -2.37. The molecule has 0 aliphatic carbocycles. The van der Waals surface area contributed by atoms with Crippen LogP contribution in [-0.2, 0) is 9.53 Å². The van der Waals surface area contributed by atoms with Crippen LogP contribution in [0.2, 0.25) is 0 Å². The average molecular weight is 144 g/mol. The summed E-state index contributed by atoms with van der Waals surface area (Å²) in [5.74, 6) is -1.20. The molecule has 0 bridgehead atoms. The second kappa shape index (κ2) is 2.30. The Morgan fingerprint density at radius 1 is 1.70 bits per heavy atom. The molecular weight excluding hydrogens is 136 g/mol. The zero-order chi connectivity index (χ0) is 7.72. The molecule has 2 atom stereocenters. The summed E-state index contributed by atoms with van der Waals surface area (Å²) in [6.45, 7) is 1.55. The van der Waals surface area contributed by atoms with Crippen LogP contribution in [0.5, 0.6) is 0 Å². The van der Waals surface area contributed by atoms with Gasteiger partial charge in [-0.2, -0.15) is 0 Å². The highest BCUT2D eigenvalue weighted by atomic mass is 16.5. The third-order valence-corrected chi connectivity index (χ3v) is 1.36. The van der Waals surface area contributed by atoms with E-state index in [9.17, 15) is 4.79 Å². The van der Waals surface area contributed by atoms with Crippen molar-refractivity contribution in [1.29, 1.82) is 0 Å². The molecule has 0 aromatic heterocycles. The van der Waals surface area contributed by atoms with Gasteiger partial charge < -0.3 is 14.9 Å². The molecule has 0 aromatic carbocycles. The highest BCUT2D eigenvalue weighted by Crippen LogP contribution is 2.11. The zero-order valence-electron chi connectivity index (χ0n) is 5.44. The number of carbonyl (C=O) groups excluding carboxylic acids is 1. The molecule has 1 aliphatic rings. The number of carbonyl (C=O) groups is 1. The summed E-state index contributed by atoms with van der Waals surface area (Å²) in [6, 6.07) is 0. The van der Waals surface area contributed by atoms with Gasteiger partial charge in [-0.3, -0.25) is 4.79 Å². The molecule has 10 heavy (non-hydrogen) atoms. The lowest BCUT2D eigenvalue weighted by atomic mass is 10.1. The molecule has 0 amide bonds. The summed E-state index contributed by atoms with van der Waals surface area (Å²) in [5.41, 5.74) is 0. The quantitative estimate of drug-likeness (QED) is 0.491. The minimum atomic E-state index is -1.23. The van der Waals surface area contributed by atoms with E-state index in [2.05, 4.69) is 4.74 Å². The maximum Gasteiger partial charge on any atom is 0.232 e. The predicted octanol–water partition coefficient (Wildman–Crippen LogP) is -0.266. The standard InChI is InChI=1S/C6H8O4/c1-3-5(8)6(9)4(7)2-10-3/h2-3,5,7-8H,1H3/t3-,5+/m1/s1. The summed E-state index contributed by atoms with van der Waals surface area (Å²) in [7, 11) is 0. The van der Waals surface area contributed by atoms with Gasteiger partial charge in [0.25, 0.3) is 0 Å². The second-order valence-corrected chi connectivity index (χ2v) is 2.15. The molecule has 2 N–H and O–H groups in total. The van der Waals surface area contributed by atoms with Gasteiger partial charge >= 0.3 is 0 Å². The Morgan fingerprint density at radius 2 is 2.30 bits per heavy atom. The molecule has 4 heteroatoms. The zero-order valence-corrected chi connectivity index (χ0v) is 5.44. The number of ketones is 1. The van der Waals surface area contributed by atoms with Crippen LogP contribution in [0.1, 0.15) is 6.92 Å². The maximum absolute atomic E-state index is 10.7. The molecule has 4 nitrogen and oxygen atoms in total. The molecular formula is C6H8O4. The van der Waals surface area contributed by atoms with Crippen molar-refractivity contribution in [2.75, 3.05) is 0 Å². The normalized spacial score (nSPS) is 33.0. The van der Waals surface area contributed by atoms with E-state index in [0.717, 1.165) is 6.26 Å². The fourth-order valence-electron chi connectivity index (χ4n) is 0.669. The molecule has 0 aromatic rings. The van der Waals surface area contributed by atoms with E-state index in [1.165, 1.54) is 0 Å². The number of ether oxygens (including phenoxy) is 1. The third kappa shape index (κ3) is 0.974. The van der Waals surface area contributed by atoms with Crippen LogP contribution < -0.4 is 0 Å². The number of aliphatic hydroxyl groups is 2. The minimum absolute atomic E-state index is 0.523. The lowest BCUT2D eigenvalue weighted by Gasteiger charge is -2.20. The van der Waals surface area contributed by atoms with Crippen LogP contribution in [0.25, 0.3) is 0 Å².